The molecule has 0 saturated carbocycles. The molecule has 6 nitrogen and oxygen atoms in total. The molecule has 126 valence electrons. The Labute approximate surface area is 145 Å². The molecule has 0 aliphatic heterocycles. The fourth-order valence-corrected chi connectivity index (χ4v) is 3.13. The van der Waals surface area contributed by atoms with Gasteiger partial charge in [0.25, 0.3) is 0 Å². The predicted molar refractivity (Wildman–Crippen MR) is 98.7 cm³/mol. The summed E-state index contributed by atoms with van der Waals surface area (Å²) in [6.07, 6.45) is 3.76. The van der Waals surface area contributed by atoms with E-state index in [0.717, 1.165) is 49.9 Å². The van der Waals surface area contributed by atoms with Gasteiger partial charge in [0, 0.05) is 43.5 Å². The Morgan fingerprint density at radius 3 is 2.96 bits per heavy atom. The third-order valence-electron chi connectivity index (χ3n) is 3.58. The van der Waals surface area contributed by atoms with Crippen molar-refractivity contribution in [3.8, 4) is 0 Å². The number of pyridine rings is 1. The van der Waals surface area contributed by atoms with Gasteiger partial charge in [-0.2, -0.15) is 0 Å². The average molecular weight is 342 g/mol. The Kier molecular flexibility index (Phi) is 5.79. The van der Waals surface area contributed by atoms with Crippen molar-refractivity contribution in [2.75, 3.05) is 19.6 Å². The number of thiophene rings is 1. The first-order valence-corrected chi connectivity index (χ1v) is 9.08. The lowest BCUT2D eigenvalue weighted by Gasteiger charge is -2.10. The lowest BCUT2D eigenvalue weighted by Crippen LogP contribution is -2.38. The second-order valence-electron chi connectivity index (χ2n) is 5.31. The van der Waals surface area contributed by atoms with Gasteiger partial charge in [-0.3, -0.25) is 9.39 Å². The molecule has 0 amide bonds. The van der Waals surface area contributed by atoms with Crippen molar-refractivity contribution in [1.82, 2.24) is 25.2 Å². The molecule has 0 radical (unpaired) electrons. The molecule has 7 heteroatoms. The smallest absolute Gasteiger partial charge is 0.191 e. The van der Waals surface area contributed by atoms with Crippen LogP contribution in [0.5, 0.6) is 0 Å². The molecule has 0 unspecified atom stereocenters. The summed E-state index contributed by atoms with van der Waals surface area (Å²) in [7, 11) is 0. The van der Waals surface area contributed by atoms with E-state index < -0.39 is 0 Å². The molecule has 2 N–H and O–H groups in total. The second kappa shape index (κ2) is 8.44. The molecule has 0 atom stereocenters. The van der Waals surface area contributed by atoms with Gasteiger partial charge in [-0.25, -0.2) is 0 Å². The number of fused-ring (bicyclic) bond motifs is 1. The van der Waals surface area contributed by atoms with Gasteiger partial charge in [0.2, 0.25) is 0 Å². The first-order chi connectivity index (χ1) is 11.9. The summed E-state index contributed by atoms with van der Waals surface area (Å²) in [6.45, 7) is 4.46. The number of rotatable bonds is 7. The van der Waals surface area contributed by atoms with Crippen LogP contribution in [0.4, 0.5) is 0 Å². The van der Waals surface area contributed by atoms with E-state index in [1.165, 1.54) is 4.88 Å². The number of guanidine groups is 1. The van der Waals surface area contributed by atoms with Gasteiger partial charge in [0.05, 0.1) is 0 Å². The van der Waals surface area contributed by atoms with Crippen LogP contribution in [0, 0.1) is 0 Å². The Balaban J connectivity index is 1.52. The minimum atomic E-state index is 0.764. The van der Waals surface area contributed by atoms with Gasteiger partial charge in [0.1, 0.15) is 5.82 Å². The van der Waals surface area contributed by atoms with Crippen molar-refractivity contribution in [2.24, 2.45) is 4.99 Å². The van der Waals surface area contributed by atoms with E-state index in [-0.39, 0.29) is 0 Å². The van der Waals surface area contributed by atoms with Gasteiger partial charge in [0.15, 0.2) is 11.6 Å². The molecule has 3 rings (SSSR count). The van der Waals surface area contributed by atoms with Crippen LogP contribution >= 0.6 is 11.3 Å². The molecule has 3 aromatic rings. The first-order valence-electron chi connectivity index (χ1n) is 8.20. The molecule has 0 saturated heterocycles. The van der Waals surface area contributed by atoms with Gasteiger partial charge < -0.3 is 10.6 Å². The summed E-state index contributed by atoms with van der Waals surface area (Å²) in [5.41, 5.74) is 0.879. The highest BCUT2D eigenvalue weighted by Gasteiger charge is 2.04. The standard InChI is InChI=1S/C17H22N6S/c1-2-18-17(19-10-8-14-6-5-13-24-14)20-11-9-16-22-21-15-7-3-4-12-23(15)16/h3-7,12-13H,2,8-11H2,1H3,(H2,18,19,20). The molecule has 0 bridgehead atoms. The van der Waals surface area contributed by atoms with Crippen molar-refractivity contribution in [3.05, 3.63) is 52.6 Å². The van der Waals surface area contributed by atoms with Crippen LogP contribution in [0.3, 0.4) is 0 Å². The maximum Gasteiger partial charge on any atom is 0.191 e. The van der Waals surface area contributed by atoms with Crippen LogP contribution in [0.1, 0.15) is 17.6 Å². The van der Waals surface area contributed by atoms with E-state index >= 15 is 0 Å². The van der Waals surface area contributed by atoms with Crippen molar-refractivity contribution >= 4 is 22.9 Å². The van der Waals surface area contributed by atoms with Crippen molar-refractivity contribution in [1.29, 1.82) is 0 Å². The highest BCUT2D eigenvalue weighted by molar-refractivity contribution is 7.09. The molecule has 0 fully saturated rings. The maximum atomic E-state index is 4.63. The number of aliphatic imine (C=N–C) groups is 1. The molecule has 3 aromatic heterocycles. The summed E-state index contributed by atoms with van der Waals surface area (Å²) in [5, 5.41) is 17.2. The highest BCUT2D eigenvalue weighted by atomic mass is 32.1. The van der Waals surface area contributed by atoms with Crippen LogP contribution in [0.25, 0.3) is 5.65 Å². The average Bonchev–Trinajstić information content (AvgIpc) is 3.25. The van der Waals surface area contributed by atoms with Crippen LogP contribution < -0.4 is 10.6 Å². The predicted octanol–water partition coefficient (Wildman–Crippen LogP) is 2.13. The number of hydrogen-bond acceptors (Lipinski definition) is 4. The molecule has 0 aromatic carbocycles. The molecule has 0 aliphatic carbocycles. The summed E-state index contributed by atoms with van der Waals surface area (Å²) in [5.74, 6) is 1.80. The number of aromatic nitrogens is 3. The zero-order chi connectivity index (χ0) is 16.6. The summed E-state index contributed by atoms with van der Waals surface area (Å²) >= 11 is 1.78. The largest absolute Gasteiger partial charge is 0.357 e. The van der Waals surface area contributed by atoms with Crippen LogP contribution in [0.2, 0.25) is 0 Å². The van der Waals surface area contributed by atoms with E-state index in [2.05, 4.69) is 50.3 Å². The summed E-state index contributed by atoms with van der Waals surface area (Å²) in [4.78, 5) is 5.99. The zero-order valence-electron chi connectivity index (χ0n) is 13.8. The first kappa shape index (κ1) is 16.4. The summed E-state index contributed by atoms with van der Waals surface area (Å²) < 4.78 is 2.02. The van der Waals surface area contributed by atoms with Crippen LogP contribution in [0.15, 0.2) is 46.9 Å². The van der Waals surface area contributed by atoms with E-state index in [1.807, 2.05) is 28.8 Å². The zero-order valence-corrected chi connectivity index (χ0v) is 14.6. The topological polar surface area (TPSA) is 66.6 Å². The minimum Gasteiger partial charge on any atom is -0.357 e. The molecular weight excluding hydrogens is 320 g/mol. The fraction of sp³-hybridized carbons (Fsp3) is 0.353. The van der Waals surface area contributed by atoms with Crippen molar-refractivity contribution < 1.29 is 0 Å². The van der Waals surface area contributed by atoms with Crippen molar-refractivity contribution in [2.45, 2.75) is 19.8 Å². The minimum absolute atomic E-state index is 0.764. The lowest BCUT2D eigenvalue weighted by atomic mass is 10.3. The van der Waals surface area contributed by atoms with E-state index in [1.54, 1.807) is 11.3 Å². The monoisotopic (exact) mass is 342 g/mol. The van der Waals surface area contributed by atoms with Gasteiger partial charge in [-0.05, 0) is 30.5 Å². The Bertz CT molecular complexity index is 777. The van der Waals surface area contributed by atoms with Gasteiger partial charge in [-0.1, -0.05) is 12.1 Å². The Hall–Kier alpha value is -2.41. The van der Waals surface area contributed by atoms with Crippen LogP contribution in [-0.4, -0.2) is 40.2 Å². The SMILES string of the molecule is CCNC(=NCCc1cccs1)NCCc1nnc2ccccn12. The fourth-order valence-electron chi connectivity index (χ4n) is 2.43. The number of hydrogen-bond donors (Lipinski definition) is 2. The van der Waals surface area contributed by atoms with E-state index in [4.69, 9.17) is 0 Å². The van der Waals surface area contributed by atoms with Gasteiger partial charge >= 0.3 is 0 Å². The quantitative estimate of drug-likeness (QED) is 0.510. The molecule has 24 heavy (non-hydrogen) atoms. The number of nitrogens with one attached hydrogen (secondary N) is 2. The Morgan fingerprint density at radius 1 is 1.17 bits per heavy atom. The molecule has 0 aliphatic rings. The van der Waals surface area contributed by atoms with Crippen LogP contribution in [-0.2, 0) is 12.8 Å². The second-order valence-corrected chi connectivity index (χ2v) is 6.34. The normalized spacial score (nSPS) is 11.8. The van der Waals surface area contributed by atoms with E-state index in [9.17, 15) is 0 Å². The number of nitrogens with zero attached hydrogens (tertiary/aromatic N) is 4. The maximum absolute atomic E-state index is 4.63. The highest BCUT2D eigenvalue weighted by Crippen LogP contribution is 2.08. The molecular formula is C17H22N6S. The third kappa shape index (κ3) is 4.32. The molecule has 3 heterocycles. The molecule has 0 spiro atoms. The third-order valence-corrected chi connectivity index (χ3v) is 4.51. The van der Waals surface area contributed by atoms with Gasteiger partial charge in [-0.15, -0.1) is 21.5 Å². The lowest BCUT2D eigenvalue weighted by molar-refractivity contribution is 0.762. The Morgan fingerprint density at radius 2 is 2.12 bits per heavy atom. The van der Waals surface area contributed by atoms with Crippen molar-refractivity contribution in [3.63, 3.8) is 0 Å². The van der Waals surface area contributed by atoms with E-state index in [0.29, 0.717) is 0 Å². The summed E-state index contributed by atoms with van der Waals surface area (Å²) in [6, 6.07) is 10.1.